The van der Waals surface area contributed by atoms with Crippen LogP contribution in [0.1, 0.15) is 19.8 Å². The molecule has 100 valence electrons. The van der Waals surface area contributed by atoms with E-state index >= 15 is 0 Å². The lowest BCUT2D eigenvalue weighted by molar-refractivity contribution is -0.143. The Morgan fingerprint density at radius 1 is 1.61 bits per heavy atom. The van der Waals surface area contributed by atoms with Gasteiger partial charge < -0.3 is 5.11 Å². The minimum absolute atomic E-state index is 0.114. The predicted octanol–water partition coefficient (Wildman–Crippen LogP) is 0.283. The van der Waals surface area contributed by atoms with Gasteiger partial charge in [-0.05, 0) is 19.8 Å². The third kappa shape index (κ3) is 2.25. The van der Waals surface area contributed by atoms with Gasteiger partial charge in [0.1, 0.15) is 4.90 Å². The zero-order valence-electron chi connectivity index (χ0n) is 9.91. The first-order valence-corrected chi connectivity index (χ1v) is 7.10. The summed E-state index contributed by atoms with van der Waals surface area (Å²) in [5, 5.41) is 15.0. The number of carboxylic acids is 1. The average Bonchev–Trinajstić information content (AvgIpc) is 2.82. The van der Waals surface area contributed by atoms with Crippen LogP contribution in [0.3, 0.4) is 0 Å². The van der Waals surface area contributed by atoms with Crippen LogP contribution in [0, 0.1) is 5.92 Å². The van der Waals surface area contributed by atoms with Crippen LogP contribution in [0.5, 0.6) is 0 Å². The molecular weight excluding hydrogens is 258 g/mol. The van der Waals surface area contributed by atoms with Gasteiger partial charge in [-0.2, -0.15) is 9.40 Å². The van der Waals surface area contributed by atoms with E-state index in [9.17, 15) is 13.2 Å². The molecule has 0 amide bonds. The van der Waals surface area contributed by atoms with E-state index in [4.69, 9.17) is 5.11 Å². The second-order valence-electron chi connectivity index (χ2n) is 4.46. The summed E-state index contributed by atoms with van der Waals surface area (Å²) in [7, 11) is -3.57. The van der Waals surface area contributed by atoms with Gasteiger partial charge in [-0.3, -0.25) is 9.89 Å². The van der Waals surface area contributed by atoms with E-state index in [1.54, 1.807) is 6.92 Å². The summed E-state index contributed by atoms with van der Waals surface area (Å²) in [4.78, 5) is 11.0. The van der Waals surface area contributed by atoms with Crippen LogP contribution >= 0.6 is 0 Å². The van der Waals surface area contributed by atoms with Crippen molar-refractivity contribution in [2.24, 2.45) is 5.92 Å². The highest BCUT2D eigenvalue weighted by atomic mass is 32.2. The Bertz CT molecular complexity index is 525. The number of aliphatic carboxylic acids is 1. The molecule has 2 unspecified atom stereocenters. The van der Waals surface area contributed by atoms with Crippen LogP contribution in [-0.4, -0.2) is 46.6 Å². The number of carboxylic acid groups (broad SMARTS) is 1. The highest BCUT2D eigenvalue weighted by Crippen LogP contribution is 2.28. The molecule has 0 radical (unpaired) electrons. The second kappa shape index (κ2) is 4.69. The topological polar surface area (TPSA) is 103 Å². The van der Waals surface area contributed by atoms with E-state index in [1.807, 2.05) is 0 Å². The number of piperidine rings is 1. The molecule has 0 saturated carbocycles. The van der Waals surface area contributed by atoms with Crippen molar-refractivity contribution in [2.45, 2.75) is 30.7 Å². The van der Waals surface area contributed by atoms with E-state index in [0.29, 0.717) is 12.8 Å². The molecule has 1 aromatic rings. The van der Waals surface area contributed by atoms with E-state index in [-0.39, 0.29) is 17.5 Å². The maximum absolute atomic E-state index is 12.3. The minimum atomic E-state index is -3.57. The molecule has 2 heterocycles. The summed E-state index contributed by atoms with van der Waals surface area (Å²) in [5.41, 5.74) is 0. The Morgan fingerprint density at radius 3 is 2.83 bits per heavy atom. The van der Waals surface area contributed by atoms with Crippen molar-refractivity contribution in [1.82, 2.24) is 14.5 Å². The molecule has 1 aliphatic heterocycles. The van der Waals surface area contributed by atoms with Gasteiger partial charge in [0.05, 0.1) is 12.1 Å². The fraction of sp³-hybridized carbons (Fsp3) is 0.600. The van der Waals surface area contributed by atoms with Gasteiger partial charge in [-0.25, -0.2) is 8.42 Å². The number of carbonyl (C=O) groups is 1. The smallest absolute Gasteiger partial charge is 0.306 e. The van der Waals surface area contributed by atoms with Gasteiger partial charge in [-0.1, -0.05) is 0 Å². The summed E-state index contributed by atoms with van der Waals surface area (Å²) < 4.78 is 25.9. The fourth-order valence-electron chi connectivity index (χ4n) is 2.25. The monoisotopic (exact) mass is 273 g/mol. The van der Waals surface area contributed by atoms with Gasteiger partial charge in [0.2, 0.25) is 10.0 Å². The number of aromatic amines is 1. The molecule has 1 saturated heterocycles. The molecule has 0 spiro atoms. The van der Waals surface area contributed by atoms with E-state index < -0.39 is 21.9 Å². The maximum Gasteiger partial charge on any atom is 0.306 e. The number of nitrogens with one attached hydrogen (secondary N) is 1. The quantitative estimate of drug-likeness (QED) is 0.823. The molecule has 1 aromatic heterocycles. The molecule has 1 fully saturated rings. The van der Waals surface area contributed by atoms with Gasteiger partial charge >= 0.3 is 5.97 Å². The number of nitrogens with zero attached hydrogens (tertiary/aromatic N) is 2. The molecule has 8 heteroatoms. The molecule has 2 N–H and O–H groups in total. The lowest BCUT2D eigenvalue weighted by atomic mass is 9.93. The number of hydrogen-bond donors (Lipinski definition) is 2. The normalized spacial score (nSPS) is 26.1. The van der Waals surface area contributed by atoms with Crippen molar-refractivity contribution < 1.29 is 18.3 Å². The average molecular weight is 273 g/mol. The first-order valence-electron chi connectivity index (χ1n) is 5.66. The van der Waals surface area contributed by atoms with Crippen LogP contribution in [0.2, 0.25) is 0 Å². The van der Waals surface area contributed by atoms with Crippen molar-refractivity contribution >= 4 is 16.0 Å². The third-order valence-electron chi connectivity index (χ3n) is 3.24. The van der Waals surface area contributed by atoms with E-state index in [2.05, 4.69) is 10.2 Å². The minimum Gasteiger partial charge on any atom is -0.481 e. The standard InChI is InChI=1S/C10H15N3O4S/c1-7-4-8(10(14)15)2-3-13(7)18(16,17)9-5-11-12-6-9/h5-8H,2-4H2,1H3,(H,11,12)(H,14,15). The molecule has 2 rings (SSSR count). The first-order chi connectivity index (χ1) is 8.43. The van der Waals surface area contributed by atoms with Crippen molar-refractivity contribution in [1.29, 1.82) is 0 Å². The number of hydrogen-bond acceptors (Lipinski definition) is 4. The number of H-pyrrole nitrogens is 1. The van der Waals surface area contributed by atoms with E-state index in [0.717, 1.165) is 0 Å². The van der Waals surface area contributed by atoms with Crippen molar-refractivity contribution in [3.8, 4) is 0 Å². The highest BCUT2D eigenvalue weighted by Gasteiger charge is 2.37. The zero-order valence-corrected chi connectivity index (χ0v) is 10.7. The van der Waals surface area contributed by atoms with Gasteiger partial charge in [-0.15, -0.1) is 0 Å². The lowest BCUT2D eigenvalue weighted by Crippen LogP contribution is -2.45. The summed E-state index contributed by atoms with van der Waals surface area (Å²) in [6, 6.07) is -0.320. The van der Waals surface area contributed by atoms with Crippen molar-refractivity contribution in [3.63, 3.8) is 0 Å². The van der Waals surface area contributed by atoms with Gasteiger partial charge in [0.25, 0.3) is 0 Å². The maximum atomic E-state index is 12.3. The molecule has 2 atom stereocenters. The number of aromatic nitrogens is 2. The van der Waals surface area contributed by atoms with Crippen LogP contribution < -0.4 is 0 Å². The summed E-state index contributed by atoms with van der Waals surface area (Å²) in [6.45, 7) is 1.96. The predicted molar refractivity (Wildman–Crippen MR) is 62.3 cm³/mol. The Balaban J connectivity index is 2.19. The molecule has 1 aliphatic rings. The SMILES string of the molecule is CC1CC(C(=O)O)CCN1S(=O)(=O)c1cn[nH]c1. The summed E-state index contributed by atoms with van der Waals surface area (Å²) >= 11 is 0. The Hall–Kier alpha value is -1.41. The van der Waals surface area contributed by atoms with Crippen molar-refractivity contribution in [3.05, 3.63) is 12.4 Å². The third-order valence-corrected chi connectivity index (χ3v) is 5.22. The van der Waals surface area contributed by atoms with E-state index in [1.165, 1.54) is 16.7 Å². The molecular formula is C10H15N3O4S. The second-order valence-corrected chi connectivity index (χ2v) is 6.35. The van der Waals surface area contributed by atoms with Crippen LogP contribution in [0.25, 0.3) is 0 Å². The zero-order chi connectivity index (χ0) is 13.3. The molecule has 18 heavy (non-hydrogen) atoms. The molecule has 0 aromatic carbocycles. The summed E-state index contributed by atoms with van der Waals surface area (Å²) in [5.74, 6) is -1.32. The highest BCUT2D eigenvalue weighted by molar-refractivity contribution is 7.89. The molecule has 7 nitrogen and oxygen atoms in total. The Morgan fingerprint density at radius 2 is 2.33 bits per heavy atom. The Labute approximate surface area is 105 Å². The lowest BCUT2D eigenvalue weighted by Gasteiger charge is -2.34. The summed E-state index contributed by atoms with van der Waals surface area (Å²) in [6.07, 6.45) is 3.26. The first kappa shape index (κ1) is 13.0. The van der Waals surface area contributed by atoms with Crippen LogP contribution in [0.15, 0.2) is 17.3 Å². The number of rotatable bonds is 3. The molecule has 0 aliphatic carbocycles. The Kier molecular flexibility index (Phi) is 3.40. The fourth-order valence-corrected chi connectivity index (χ4v) is 3.81. The number of sulfonamides is 1. The van der Waals surface area contributed by atoms with Gasteiger partial charge in [0.15, 0.2) is 0 Å². The van der Waals surface area contributed by atoms with Crippen molar-refractivity contribution in [2.75, 3.05) is 6.54 Å². The van der Waals surface area contributed by atoms with Crippen LogP contribution in [-0.2, 0) is 14.8 Å². The largest absolute Gasteiger partial charge is 0.481 e. The van der Waals surface area contributed by atoms with Gasteiger partial charge in [0, 0.05) is 18.8 Å². The molecule has 0 bridgehead atoms. The van der Waals surface area contributed by atoms with Crippen LogP contribution in [0.4, 0.5) is 0 Å².